The molecular formula is C26H24F4N6O2. The summed E-state index contributed by atoms with van der Waals surface area (Å²) in [6.45, 7) is 5.87. The van der Waals surface area contributed by atoms with Crippen LogP contribution in [0.15, 0.2) is 59.8 Å². The highest BCUT2D eigenvalue weighted by Crippen LogP contribution is 2.33. The van der Waals surface area contributed by atoms with Crippen LogP contribution in [0.25, 0.3) is 5.69 Å². The summed E-state index contributed by atoms with van der Waals surface area (Å²) in [5.41, 5.74) is -1.05. The average molecular weight is 529 g/mol. The summed E-state index contributed by atoms with van der Waals surface area (Å²) in [5, 5.41) is 7.30. The molecule has 0 saturated carbocycles. The summed E-state index contributed by atoms with van der Waals surface area (Å²) < 4.78 is 64.7. The van der Waals surface area contributed by atoms with Gasteiger partial charge >= 0.3 is 5.69 Å². The molecule has 0 spiro atoms. The number of hydrogen-bond donors (Lipinski definition) is 1. The molecular weight excluding hydrogens is 504 g/mol. The Labute approximate surface area is 215 Å². The smallest absolute Gasteiger partial charge is 0.350 e. The topological polar surface area (TPSA) is 77.2 Å². The average Bonchev–Trinajstić information content (AvgIpc) is 3.22. The Morgan fingerprint density at radius 1 is 1.00 bits per heavy atom. The van der Waals surface area contributed by atoms with E-state index >= 15 is 0 Å². The quantitative estimate of drug-likeness (QED) is 0.349. The van der Waals surface area contributed by atoms with E-state index in [-0.39, 0.29) is 28.3 Å². The number of pyridine rings is 1. The summed E-state index contributed by atoms with van der Waals surface area (Å²) in [6.07, 6.45) is 2.12. The van der Waals surface area contributed by atoms with E-state index in [1.807, 2.05) is 11.8 Å². The molecule has 198 valence electrons. The zero-order chi connectivity index (χ0) is 27.0. The molecule has 0 bridgehead atoms. The highest BCUT2D eigenvalue weighted by Gasteiger charge is 2.38. The zero-order valence-electron chi connectivity index (χ0n) is 20.6. The van der Waals surface area contributed by atoms with Crippen molar-refractivity contribution in [2.75, 3.05) is 24.5 Å². The molecule has 2 aromatic heterocycles. The highest BCUT2D eigenvalue weighted by atomic mass is 19.1. The van der Waals surface area contributed by atoms with E-state index in [4.69, 9.17) is 4.74 Å². The maximum absolute atomic E-state index is 14.9. The standard InChI is InChI=1S/C26H24F4N6O2/c1-3-32-26(2)13-35(14-26)24-10-23(21(30)11-31-24)38-22-8-7-16(9-20(22)29)36-25(37)34(15-33-36)12-17-18(27)5-4-6-19(17)28/h4-11,15,32H,3,12-14H2,1-2H3. The lowest BCUT2D eigenvalue weighted by molar-refractivity contribution is 0.286. The largest absolute Gasteiger partial charge is 0.451 e. The van der Waals surface area contributed by atoms with Crippen LogP contribution in [0.1, 0.15) is 19.4 Å². The number of halogens is 4. The van der Waals surface area contributed by atoms with Crippen LogP contribution in [-0.4, -0.2) is 44.5 Å². The third-order valence-electron chi connectivity index (χ3n) is 6.32. The summed E-state index contributed by atoms with van der Waals surface area (Å²) in [5.74, 6) is -3.21. The second kappa shape index (κ2) is 9.93. The van der Waals surface area contributed by atoms with Gasteiger partial charge in [-0.1, -0.05) is 13.0 Å². The summed E-state index contributed by atoms with van der Waals surface area (Å²) in [4.78, 5) is 18.8. The Hall–Kier alpha value is -4.19. The molecule has 0 amide bonds. The fraction of sp³-hybridized carbons (Fsp3) is 0.269. The van der Waals surface area contributed by atoms with Crippen molar-refractivity contribution < 1.29 is 22.3 Å². The Balaban J connectivity index is 1.34. The summed E-state index contributed by atoms with van der Waals surface area (Å²) in [6, 6.07) is 8.38. The number of ether oxygens (including phenoxy) is 1. The lowest BCUT2D eigenvalue weighted by Gasteiger charge is -2.49. The van der Waals surface area contributed by atoms with Gasteiger partial charge in [-0.15, -0.1) is 0 Å². The van der Waals surface area contributed by atoms with Gasteiger partial charge in [-0.05, 0) is 37.7 Å². The lowest BCUT2D eigenvalue weighted by atomic mass is 9.92. The molecule has 2 aromatic carbocycles. The Morgan fingerprint density at radius 2 is 1.74 bits per heavy atom. The fourth-order valence-electron chi connectivity index (χ4n) is 4.45. The number of nitrogens with zero attached hydrogens (tertiary/aromatic N) is 5. The van der Waals surface area contributed by atoms with Crippen LogP contribution in [0.2, 0.25) is 0 Å². The van der Waals surface area contributed by atoms with Gasteiger partial charge in [0.05, 0.1) is 24.0 Å². The molecule has 0 atom stereocenters. The first-order chi connectivity index (χ1) is 18.2. The van der Waals surface area contributed by atoms with Crippen LogP contribution < -0.4 is 20.6 Å². The molecule has 3 heterocycles. The van der Waals surface area contributed by atoms with Crippen LogP contribution in [0, 0.1) is 23.3 Å². The Morgan fingerprint density at radius 3 is 2.42 bits per heavy atom. The number of anilines is 1. The van der Waals surface area contributed by atoms with Crippen LogP contribution >= 0.6 is 0 Å². The predicted molar refractivity (Wildman–Crippen MR) is 132 cm³/mol. The minimum Gasteiger partial charge on any atom is -0.451 e. The van der Waals surface area contributed by atoms with E-state index < -0.39 is 35.5 Å². The fourth-order valence-corrected chi connectivity index (χ4v) is 4.45. The predicted octanol–water partition coefficient (Wildman–Crippen LogP) is 4.01. The normalized spacial score (nSPS) is 14.4. The molecule has 0 radical (unpaired) electrons. The molecule has 38 heavy (non-hydrogen) atoms. The minimum atomic E-state index is -0.870. The minimum absolute atomic E-state index is 0.0479. The lowest BCUT2D eigenvalue weighted by Crippen LogP contribution is -2.67. The van der Waals surface area contributed by atoms with Crippen molar-refractivity contribution in [2.45, 2.75) is 25.9 Å². The molecule has 5 rings (SSSR count). The second-order valence-corrected chi connectivity index (χ2v) is 9.29. The monoisotopic (exact) mass is 528 g/mol. The van der Waals surface area contributed by atoms with Gasteiger partial charge in [-0.3, -0.25) is 4.57 Å². The molecule has 12 heteroatoms. The van der Waals surface area contributed by atoms with E-state index in [0.717, 1.165) is 46.5 Å². The van der Waals surface area contributed by atoms with Crippen molar-refractivity contribution in [1.82, 2.24) is 24.6 Å². The number of rotatable bonds is 8. The molecule has 1 fully saturated rings. The maximum atomic E-state index is 14.9. The van der Waals surface area contributed by atoms with Gasteiger partial charge in [0.1, 0.15) is 23.8 Å². The van der Waals surface area contributed by atoms with Gasteiger partial charge < -0.3 is 15.0 Å². The Kier molecular flexibility index (Phi) is 6.66. The first-order valence-corrected chi connectivity index (χ1v) is 11.9. The highest BCUT2D eigenvalue weighted by molar-refractivity contribution is 5.50. The van der Waals surface area contributed by atoms with Crippen molar-refractivity contribution in [2.24, 2.45) is 0 Å². The van der Waals surface area contributed by atoms with Crippen molar-refractivity contribution in [3.63, 3.8) is 0 Å². The molecule has 4 aromatic rings. The van der Waals surface area contributed by atoms with Gasteiger partial charge in [-0.25, -0.2) is 27.3 Å². The molecule has 0 unspecified atom stereocenters. The third-order valence-corrected chi connectivity index (χ3v) is 6.32. The van der Waals surface area contributed by atoms with Crippen LogP contribution in [0.4, 0.5) is 23.4 Å². The first-order valence-electron chi connectivity index (χ1n) is 11.9. The maximum Gasteiger partial charge on any atom is 0.350 e. The summed E-state index contributed by atoms with van der Waals surface area (Å²) in [7, 11) is 0. The molecule has 1 saturated heterocycles. The molecule has 1 aliphatic rings. The van der Waals surface area contributed by atoms with Crippen LogP contribution in [-0.2, 0) is 6.54 Å². The van der Waals surface area contributed by atoms with E-state index in [2.05, 4.69) is 22.3 Å². The van der Waals surface area contributed by atoms with E-state index in [1.165, 1.54) is 24.3 Å². The number of benzene rings is 2. The van der Waals surface area contributed by atoms with Crippen LogP contribution in [0.3, 0.4) is 0 Å². The van der Waals surface area contributed by atoms with Crippen LogP contribution in [0.5, 0.6) is 11.5 Å². The van der Waals surface area contributed by atoms with Crippen molar-refractivity contribution in [1.29, 1.82) is 0 Å². The number of hydrogen-bond acceptors (Lipinski definition) is 6. The molecule has 8 nitrogen and oxygen atoms in total. The molecule has 0 aliphatic carbocycles. The number of aromatic nitrogens is 4. The number of likely N-dealkylation sites (N-methyl/N-ethyl adjacent to an activating group) is 1. The summed E-state index contributed by atoms with van der Waals surface area (Å²) >= 11 is 0. The van der Waals surface area contributed by atoms with Crippen molar-refractivity contribution in [3.05, 3.63) is 94.3 Å². The van der Waals surface area contributed by atoms with E-state index in [1.54, 1.807) is 0 Å². The molecule has 1 N–H and O–H groups in total. The van der Waals surface area contributed by atoms with Gasteiger partial charge in [0.15, 0.2) is 23.1 Å². The Bertz CT molecular complexity index is 1530. The van der Waals surface area contributed by atoms with Gasteiger partial charge in [0.25, 0.3) is 0 Å². The SMILES string of the molecule is CCNC1(C)CN(c2cc(Oc3ccc(-n4ncn(Cc5c(F)cccc5F)c4=O)cc3F)c(F)cn2)C1. The second-order valence-electron chi connectivity index (χ2n) is 9.29. The molecule has 1 aliphatic heterocycles. The van der Waals surface area contributed by atoms with Gasteiger partial charge in [0.2, 0.25) is 0 Å². The van der Waals surface area contributed by atoms with Gasteiger partial charge in [-0.2, -0.15) is 9.78 Å². The van der Waals surface area contributed by atoms with Crippen molar-refractivity contribution >= 4 is 5.82 Å². The third kappa shape index (κ3) is 4.86. The zero-order valence-corrected chi connectivity index (χ0v) is 20.6. The van der Waals surface area contributed by atoms with E-state index in [0.29, 0.717) is 18.9 Å². The van der Waals surface area contributed by atoms with Crippen molar-refractivity contribution in [3.8, 4) is 17.2 Å². The number of nitrogens with one attached hydrogen (secondary N) is 1. The van der Waals surface area contributed by atoms with E-state index in [9.17, 15) is 22.4 Å². The first kappa shape index (κ1) is 25.5. The van der Waals surface area contributed by atoms with Gasteiger partial charge in [0, 0.05) is 30.8 Å².